The van der Waals surface area contributed by atoms with Crippen molar-refractivity contribution in [2.45, 2.75) is 20.0 Å². The molecule has 4 rings (SSSR count). The standard InChI is InChI=1S/C23H25N3O3/c1-16-20(22(27)19-13-18(23(28)29)7-8-21(19)24-16)15-26-11-9-25(10-12-26)14-17-5-3-2-4-6-17/h2-8,13H,9-12,14-15H2,1H3,(H,24,27)(H,28,29). The van der Waals surface area contributed by atoms with E-state index in [2.05, 4.69) is 39.0 Å². The first-order chi connectivity index (χ1) is 14.0. The predicted octanol–water partition coefficient (Wildman–Crippen LogP) is 2.85. The molecular formula is C23H25N3O3. The topological polar surface area (TPSA) is 76.6 Å². The highest BCUT2D eigenvalue weighted by Gasteiger charge is 2.20. The average molecular weight is 391 g/mol. The minimum absolute atomic E-state index is 0.0777. The van der Waals surface area contributed by atoms with E-state index in [0.717, 1.165) is 44.0 Å². The Bertz CT molecular complexity index is 1080. The number of aromatic nitrogens is 1. The maximum Gasteiger partial charge on any atom is 0.335 e. The van der Waals surface area contributed by atoms with Gasteiger partial charge in [-0.2, -0.15) is 0 Å². The molecule has 6 nitrogen and oxygen atoms in total. The molecule has 0 amide bonds. The molecule has 2 aromatic carbocycles. The second-order valence-corrected chi connectivity index (χ2v) is 7.66. The van der Waals surface area contributed by atoms with Crippen molar-refractivity contribution in [2.24, 2.45) is 0 Å². The zero-order valence-electron chi connectivity index (χ0n) is 16.5. The van der Waals surface area contributed by atoms with Gasteiger partial charge in [0, 0.05) is 61.4 Å². The lowest BCUT2D eigenvalue weighted by atomic mass is 10.1. The van der Waals surface area contributed by atoms with Gasteiger partial charge in [0.2, 0.25) is 0 Å². The van der Waals surface area contributed by atoms with Crippen molar-refractivity contribution < 1.29 is 9.90 Å². The second-order valence-electron chi connectivity index (χ2n) is 7.66. The van der Waals surface area contributed by atoms with Crippen LogP contribution in [-0.2, 0) is 13.1 Å². The van der Waals surface area contributed by atoms with Gasteiger partial charge in [0.1, 0.15) is 0 Å². The number of pyridine rings is 1. The molecule has 29 heavy (non-hydrogen) atoms. The molecule has 1 saturated heterocycles. The average Bonchev–Trinajstić information content (AvgIpc) is 2.73. The van der Waals surface area contributed by atoms with Gasteiger partial charge < -0.3 is 10.1 Å². The first kappa shape index (κ1) is 19.4. The summed E-state index contributed by atoms with van der Waals surface area (Å²) in [6.45, 7) is 7.16. The molecule has 150 valence electrons. The number of carboxylic acid groups (broad SMARTS) is 1. The normalized spacial score (nSPS) is 15.6. The number of fused-ring (bicyclic) bond motifs is 1. The molecule has 3 aromatic rings. The van der Waals surface area contributed by atoms with E-state index in [0.29, 0.717) is 17.4 Å². The Morgan fingerprint density at radius 2 is 1.66 bits per heavy atom. The van der Waals surface area contributed by atoms with Crippen molar-refractivity contribution >= 4 is 16.9 Å². The minimum Gasteiger partial charge on any atom is -0.478 e. The molecule has 0 spiro atoms. The fourth-order valence-electron chi connectivity index (χ4n) is 3.95. The van der Waals surface area contributed by atoms with Crippen molar-refractivity contribution in [1.29, 1.82) is 0 Å². The summed E-state index contributed by atoms with van der Waals surface area (Å²) in [6, 6.07) is 15.1. The number of aromatic amines is 1. The summed E-state index contributed by atoms with van der Waals surface area (Å²) in [4.78, 5) is 32.3. The minimum atomic E-state index is -1.03. The van der Waals surface area contributed by atoms with E-state index in [1.807, 2.05) is 13.0 Å². The summed E-state index contributed by atoms with van der Waals surface area (Å²) >= 11 is 0. The number of rotatable bonds is 5. The van der Waals surface area contributed by atoms with E-state index in [9.17, 15) is 14.7 Å². The van der Waals surface area contributed by atoms with Crippen LogP contribution in [0.3, 0.4) is 0 Å². The Kier molecular flexibility index (Phi) is 5.47. The molecule has 1 aliphatic heterocycles. The van der Waals surface area contributed by atoms with Crippen molar-refractivity contribution in [2.75, 3.05) is 26.2 Å². The first-order valence-electron chi connectivity index (χ1n) is 9.89. The highest BCUT2D eigenvalue weighted by molar-refractivity contribution is 5.93. The summed E-state index contributed by atoms with van der Waals surface area (Å²) in [5, 5.41) is 9.66. The van der Waals surface area contributed by atoms with Gasteiger partial charge >= 0.3 is 5.97 Å². The van der Waals surface area contributed by atoms with Crippen molar-refractivity contribution in [3.05, 3.63) is 81.1 Å². The number of piperazine rings is 1. The number of aryl methyl sites for hydroxylation is 1. The SMILES string of the molecule is Cc1[nH]c2ccc(C(=O)O)cc2c(=O)c1CN1CCN(Cc2ccccc2)CC1. The fraction of sp³-hybridized carbons (Fsp3) is 0.304. The van der Waals surface area contributed by atoms with Gasteiger partial charge in [-0.05, 0) is 30.7 Å². The molecular weight excluding hydrogens is 366 g/mol. The molecule has 6 heteroatoms. The highest BCUT2D eigenvalue weighted by atomic mass is 16.4. The van der Waals surface area contributed by atoms with Crippen LogP contribution >= 0.6 is 0 Å². The molecule has 2 N–H and O–H groups in total. The molecule has 1 aliphatic rings. The number of nitrogens with one attached hydrogen (secondary N) is 1. The first-order valence-corrected chi connectivity index (χ1v) is 9.89. The van der Waals surface area contributed by atoms with Crippen LogP contribution in [-0.4, -0.2) is 52.0 Å². The maximum atomic E-state index is 13.1. The summed E-state index contributed by atoms with van der Waals surface area (Å²) in [6.07, 6.45) is 0. The lowest BCUT2D eigenvalue weighted by Gasteiger charge is -2.34. The lowest BCUT2D eigenvalue weighted by molar-refractivity contribution is 0.0697. The number of H-pyrrole nitrogens is 1. The van der Waals surface area contributed by atoms with Crippen molar-refractivity contribution in [3.63, 3.8) is 0 Å². The number of nitrogens with zero attached hydrogens (tertiary/aromatic N) is 2. The second kappa shape index (κ2) is 8.19. The highest BCUT2D eigenvalue weighted by Crippen LogP contribution is 2.16. The Morgan fingerprint density at radius 3 is 2.31 bits per heavy atom. The van der Waals surface area contributed by atoms with Gasteiger partial charge in [-0.25, -0.2) is 4.79 Å². The van der Waals surface area contributed by atoms with Gasteiger partial charge in [0.25, 0.3) is 0 Å². The number of hydrogen-bond acceptors (Lipinski definition) is 4. The van der Waals surface area contributed by atoms with E-state index in [4.69, 9.17) is 0 Å². The van der Waals surface area contributed by atoms with Crippen molar-refractivity contribution in [1.82, 2.24) is 14.8 Å². The zero-order chi connectivity index (χ0) is 20.4. The molecule has 0 saturated carbocycles. The monoisotopic (exact) mass is 391 g/mol. The molecule has 0 radical (unpaired) electrons. The Balaban J connectivity index is 1.48. The van der Waals surface area contributed by atoms with Crippen LogP contribution in [0.15, 0.2) is 53.3 Å². The summed E-state index contributed by atoms with van der Waals surface area (Å²) < 4.78 is 0. The van der Waals surface area contributed by atoms with Gasteiger partial charge in [-0.1, -0.05) is 30.3 Å². The van der Waals surface area contributed by atoms with Crippen LogP contribution in [0, 0.1) is 6.92 Å². The van der Waals surface area contributed by atoms with Crippen LogP contribution < -0.4 is 5.43 Å². The molecule has 0 unspecified atom stereocenters. The summed E-state index contributed by atoms with van der Waals surface area (Å²) in [5.74, 6) is -1.03. The van der Waals surface area contributed by atoms with E-state index in [1.54, 1.807) is 6.07 Å². The van der Waals surface area contributed by atoms with Crippen molar-refractivity contribution in [3.8, 4) is 0 Å². The number of carbonyl (C=O) groups is 1. The maximum absolute atomic E-state index is 13.1. The van der Waals surface area contributed by atoms with Crippen LogP contribution in [0.5, 0.6) is 0 Å². The Hall–Kier alpha value is -2.96. The van der Waals surface area contributed by atoms with Crippen LogP contribution in [0.2, 0.25) is 0 Å². The van der Waals surface area contributed by atoms with Crippen LogP contribution in [0.1, 0.15) is 27.2 Å². The molecule has 0 bridgehead atoms. The third-order valence-electron chi connectivity index (χ3n) is 5.66. The van der Waals surface area contributed by atoms with Crippen LogP contribution in [0.4, 0.5) is 0 Å². The van der Waals surface area contributed by atoms with E-state index < -0.39 is 5.97 Å². The molecule has 0 aliphatic carbocycles. The smallest absolute Gasteiger partial charge is 0.335 e. The largest absolute Gasteiger partial charge is 0.478 e. The Labute approximate surface area is 169 Å². The number of benzene rings is 2. The summed E-state index contributed by atoms with van der Waals surface area (Å²) in [5.41, 5.74) is 3.61. The van der Waals surface area contributed by atoms with Gasteiger partial charge in [0.05, 0.1) is 5.56 Å². The third kappa shape index (κ3) is 4.23. The van der Waals surface area contributed by atoms with E-state index in [1.165, 1.54) is 17.7 Å². The van der Waals surface area contributed by atoms with Crippen LogP contribution in [0.25, 0.3) is 10.9 Å². The fourth-order valence-corrected chi connectivity index (χ4v) is 3.95. The van der Waals surface area contributed by atoms with E-state index in [-0.39, 0.29) is 11.0 Å². The van der Waals surface area contributed by atoms with E-state index >= 15 is 0 Å². The number of hydrogen-bond donors (Lipinski definition) is 2. The number of aromatic carboxylic acids is 1. The van der Waals surface area contributed by atoms with Gasteiger partial charge in [-0.15, -0.1) is 0 Å². The van der Waals surface area contributed by atoms with Gasteiger partial charge in [-0.3, -0.25) is 14.6 Å². The molecule has 1 fully saturated rings. The molecule has 2 heterocycles. The van der Waals surface area contributed by atoms with Gasteiger partial charge in [0.15, 0.2) is 5.43 Å². The third-order valence-corrected chi connectivity index (χ3v) is 5.66. The Morgan fingerprint density at radius 1 is 1.00 bits per heavy atom. The molecule has 1 aromatic heterocycles. The lowest BCUT2D eigenvalue weighted by Crippen LogP contribution is -2.46. The predicted molar refractivity (Wildman–Crippen MR) is 113 cm³/mol. The zero-order valence-corrected chi connectivity index (χ0v) is 16.5. The number of carboxylic acids is 1. The molecule has 0 atom stereocenters. The summed E-state index contributed by atoms with van der Waals surface area (Å²) in [7, 11) is 0. The quantitative estimate of drug-likeness (QED) is 0.699.